The summed E-state index contributed by atoms with van der Waals surface area (Å²) in [7, 11) is 2.17. The molecule has 12 heavy (non-hydrogen) atoms. The molecule has 2 heteroatoms. The molecule has 0 saturated carbocycles. The molecule has 1 fully saturated rings. The molecule has 2 nitrogen and oxygen atoms in total. The zero-order valence-corrected chi connectivity index (χ0v) is 7.61. The summed E-state index contributed by atoms with van der Waals surface area (Å²) in [5.41, 5.74) is 0. The van der Waals surface area contributed by atoms with Crippen LogP contribution in [0.15, 0.2) is 30.6 Å². The maximum absolute atomic E-state index is 3.78. The molecule has 1 aliphatic heterocycles. The van der Waals surface area contributed by atoms with Crippen LogP contribution in [0.5, 0.6) is 0 Å². The minimum absolute atomic E-state index is 1.32. The van der Waals surface area contributed by atoms with Gasteiger partial charge in [-0.3, -0.25) is 4.98 Å². The van der Waals surface area contributed by atoms with Gasteiger partial charge in [-0.25, -0.2) is 0 Å². The molecule has 1 aromatic heterocycles. The van der Waals surface area contributed by atoms with Crippen molar-refractivity contribution >= 4 is 0 Å². The third-order valence-corrected chi connectivity index (χ3v) is 1.90. The molecule has 66 valence electrons. The number of pyridine rings is 1. The largest absolute Gasteiger partial charge is 0.306 e. The van der Waals surface area contributed by atoms with Crippen LogP contribution in [0.1, 0.15) is 12.8 Å². The maximum atomic E-state index is 3.78. The Morgan fingerprint density at radius 3 is 1.75 bits per heavy atom. The van der Waals surface area contributed by atoms with Gasteiger partial charge in [-0.15, -0.1) is 0 Å². The molecule has 0 aromatic carbocycles. The summed E-state index contributed by atoms with van der Waals surface area (Å²) in [5, 5.41) is 0. The smallest absolute Gasteiger partial charge is 0.0267 e. The van der Waals surface area contributed by atoms with E-state index >= 15 is 0 Å². The lowest BCUT2D eigenvalue weighted by molar-refractivity contribution is 0.418. The van der Waals surface area contributed by atoms with Crippen LogP contribution >= 0.6 is 0 Å². The van der Waals surface area contributed by atoms with E-state index in [1.165, 1.54) is 25.9 Å². The highest BCUT2D eigenvalue weighted by Gasteiger charge is 2.03. The molecule has 0 N–H and O–H groups in total. The second-order valence-electron chi connectivity index (χ2n) is 3.03. The van der Waals surface area contributed by atoms with Crippen LogP contribution in [0.25, 0.3) is 0 Å². The van der Waals surface area contributed by atoms with E-state index in [1.54, 1.807) is 12.4 Å². The molecule has 0 amide bonds. The van der Waals surface area contributed by atoms with E-state index in [0.717, 1.165) is 0 Å². The number of aromatic nitrogens is 1. The van der Waals surface area contributed by atoms with Gasteiger partial charge < -0.3 is 4.90 Å². The molecule has 0 atom stereocenters. The van der Waals surface area contributed by atoms with Gasteiger partial charge in [0.25, 0.3) is 0 Å². The second kappa shape index (κ2) is 5.72. The highest BCUT2D eigenvalue weighted by atomic mass is 15.1. The van der Waals surface area contributed by atoms with Crippen molar-refractivity contribution in [1.29, 1.82) is 0 Å². The van der Waals surface area contributed by atoms with E-state index in [0.29, 0.717) is 0 Å². The number of hydrogen-bond donors (Lipinski definition) is 0. The molecule has 0 bridgehead atoms. The van der Waals surface area contributed by atoms with Crippen LogP contribution in [0, 0.1) is 0 Å². The van der Waals surface area contributed by atoms with Crippen LogP contribution in [-0.2, 0) is 0 Å². The molecule has 0 aliphatic carbocycles. The van der Waals surface area contributed by atoms with E-state index in [1.807, 2.05) is 18.2 Å². The van der Waals surface area contributed by atoms with Gasteiger partial charge in [-0.05, 0) is 45.1 Å². The zero-order chi connectivity index (χ0) is 8.65. The standard InChI is InChI=1S/C5H11N.C5H5N/c1-6-4-2-3-5-6;1-2-4-6-5-3-1/h2-5H2,1H3;1-5H. The maximum Gasteiger partial charge on any atom is 0.0267 e. The van der Waals surface area contributed by atoms with E-state index in [2.05, 4.69) is 16.9 Å². The molecule has 2 heterocycles. The Hall–Kier alpha value is -0.890. The van der Waals surface area contributed by atoms with Gasteiger partial charge >= 0.3 is 0 Å². The Morgan fingerprint density at radius 1 is 1.00 bits per heavy atom. The first-order valence-electron chi connectivity index (χ1n) is 4.43. The van der Waals surface area contributed by atoms with Crippen LogP contribution in [0.3, 0.4) is 0 Å². The highest BCUT2D eigenvalue weighted by molar-refractivity contribution is 4.88. The Bertz CT molecular complexity index is 154. The molecule has 1 aliphatic rings. The van der Waals surface area contributed by atoms with Gasteiger partial charge in [0.05, 0.1) is 0 Å². The average Bonchev–Trinajstić information content (AvgIpc) is 2.60. The fourth-order valence-electron chi connectivity index (χ4n) is 1.19. The Kier molecular flexibility index (Phi) is 4.39. The molecule has 1 aromatic rings. The lowest BCUT2D eigenvalue weighted by atomic mass is 10.4. The van der Waals surface area contributed by atoms with Crippen molar-refractivity contribution in [2.75, 3.05) is 20.1 Å². The number of likely N-dealkylation sites (tertiary alicyclic amines) is 1. The first-order chi connectivity index (χ1) is 5.89. The summed E-state index contributed by atoms with van der Waals surface area (Å²) in [6.45, 7) is 2.64. The number of nitrogens with zero attached hydrogens (tertiary/aromatic N) is 2. The Balaban J connectivity index is 0.000000120. The van der Waals surface area contributed by atoms with E-state index in [4.69, 9.17) is 0 Å². The summed E-state index contributed by atoms with van der Waals surface area (Å²) in [5.74, 6) is 0. The van der Waals surface area contributed by atoms with E-state index in [-0.39, 0.29) is 0 Å². The van der Waals surface area contributed by atoms with Crippen LogP contribution < -0.4 is 0 Å². The minimum atomic E-state index is 1.32. The summed E-state index contributed by atoms with van der Waals surface area (Å²) < 4.78 is 0. The highest BCUT2D eigenvalue weighted by Crippen LogP contribution is 2.02. The predicted molar refractivity (Wildman–Crippen MR) is 51.0 cm³/mol. The lowest BCUT2D eigenvalue weighted by Gasteiger charge is -2.01. The van der Waals surface area contributed by atoms with Gasteiger partial charge in [0, 0.05) is 12.4 Å². The van der Waals surface area contributed by atoms with Gasteiger partial charge in [0.2, 0.25) is 0 Å². The molecule has 0 spiro atoms. The third kappa shape index (κ3) is 4.09. The van der Waals surface area contributed by atoms with Gasteiger partial charge in [0.1, 0.15) is 0 Å². The van der Waals surface area contributed by atoms with Crippen molar-refractivity contribution in [3.63, 3.8) is 0 Å². The van der Waals surface area contributed by atoms with E-state index < -0.39 is 0 Å². The van der Waals surface area contributed by atoms with Crippen LogP contribution in [0.4, 0.5) is 0 Å². The molecular formula is C10H16N2. The van der Waals surface area contributed by atoms with Crippen molar-refractivity contribution in [2.24, 2.45) is 0 Å². The van der Waals surface area contributed by atoms with Crippen molar-refractivity contribution < 1.29 is 0 Å². The molecule has 2 rings (SSSR count). The average molecular weight is 164 g/mol. The molecular weight excluding hydrogens is 148 g/mol. The van der Waals surface area contributed by atoms with Crippen LogP contribution in [-0.4, -0.2) is 30.0 Å². The summed E-state index contributed by atoms with van der Waals surface area (Å²) in [6, 6.07) is 5.72. The summed E-state index contributed by atoms with van der Waals surface area (Å²) in [4.78, 5) is 6.15. The molecule has 1 saturated heterocycles. The summed E-state index contributed by atoms with van der Waals surface area (Å²) >= 11 is 0. The Morgan fingerprint density at radius 2 is 1.58 bits per heavy atom. The van der Waals surface area contributed by atoms with Gasteiger partial charge in [-0.1, -0.05) is 6.07 Å². The zero-order valence-electron chi connectivity index (χ0n) is 7.61. The minimum Gasteiger partial charge on any atom is -0.306 e. The molecule has 0 unspecified atom stereocenters. The molecule has 0 radical (unpaired) electrons. The van der Waals surface area contributed by atoms with Crippen molar-refractivity contribution in [1.82, 2.24) is 9.88 Å². The topological polar surface area (TPSA) is 16.1 Å². The Labute approximate surface area is 74.2 Å². The lowest BCUT2D eigenvalue weighted by Crippen LogP contribution is -2.10. The first kappa shape index (κ1) is 9.20. The second-order valence-corrected chi connectivity index (χ2v) is 3.03. The van der Waals surface area contributed by atoms with Crippen molar-refractivity contribution in [3.8, 4) is 0 Å². The predicted octanol–water partition coefficient (Wildman–Crippen LogP) is 1.79. The quantitative estimate of drug-likeness (QED) is 0.581. The fraction of sp³-hybridized carbons (Fsp3) is 0.500. The summed E-state index contributed by atoms with van der Waals surface area (Å²) in [6.07, 6.45) is 6.33. The monoisotopic (exact) mass is 164 g/mol. The fourth-order valence-corrected chi connectivity index (χ4v) is 1.19. The third-order valence-electron chi connectivity index (χ3n) is 1.90. The number of hydrogen-bond acceptors (Lipinski definition) is 2. The van der Waals surface area contributed by atoms with Crippen molar-refractivity contribution in [2.45, 2.75) is 12.8 Å². The van der Waals surface area contributed by atoms with Gasteiger partial charge in [0.15, 0.2) is 0 Å². The normalized spacial score (nSPS) is 16.8. The van der Waals surface area contributed by atoms with E-state index in [9.17, 15) is 0 Å². The van der Waals surface area contributed by atoms with Crippen molar-refractivity contribution in [3.05, 3.63) is 30.6 Å². The van der Waals surface area contributed by atoms with Gasteiger partial charge in [-0.2, -0.15) is 0 Å². The first-order valence-corrected chi connectivity index (χ1v) is 4.43. The number of rotatable bonds is 0. The van der Waals surface area contributed by atoms with Crippen LogP contribution in [0.2, 0.25) is 0 Å². The SMILES string of the molecule is CN1CCCC1.c1ccncc1.